The highest BCUT2D eigenvalue weighted by Crippen LogP contribution is 2.23. The first kappa shape index (κ1) is 22.4. The van der Waals surface area contributed by atoms with E-state index in [2.05, 4.69) is 0 Å². The van der Waals surface area contributed by atoms with Crippen LogP contribution in [0.3, 0.4) is 0 Å². The van der Waals surface area contributed by atoms with Gasteiger partial charge >= 0.3 is 23.9 Å². The van der Waals surface area contributed by atoms with Crippen molar-refractivity contribution in [2.24, 2.45) is 0 Å². The fourth-order valence-corrected chi connectivity index (χ4v) is 2.65. The van der Waals surface area contributed by atoms with Crippen LogP contribution in [0.25, 0.3) is 0 Å². The van der Waals surface area contributed by atoms with Gasteiger partial charge in [0, 0.05) is 53.4 Å². The van der Waals surface area contributed by atoms with Crippen LogP contribution in [0.1, 0.15) is 59.8 Å². The summed E-state index contributed by atoms with van der Waals surface area (Å²) in [5, 5.41) is 0. The molecule has 0 aromatic carbocycles. The summed E-state index contributed by atoms with van der Waals surface area (Å²) in [6.45, 7) is 5.48. The second-order valence-corrected chi connectivity index (χ2v) is 6.21. The molecule has 2 aliphatic carbocycles. The molecule has 0 bridgehead atoms. The van der Waals surface area contributed by atoms with Crippen molar-refractivity contribution < 1.29 is 38.1 Å². The minimum absolute atomic E-state index is 0.0631. The van der Waals surface area contributed by atoms with Crippen LogP contribution >= 0.6 is 0 Å². The normalized spacial score (nSPS) is 20.9. The molecule has 0 amide bonds. The molecule has 0 fully saturated rings. The quantitative estimate of drug-likeness (QED) is 0.540. The Hall–Kier alpha value is -2.64. The number of ether oxygens (including phenoxy) is 4. The van der Waals surface area contributed by atoms with Gasteiger partial charge in [0.15, 0.2) is 0 Å². The minimum atomic E-state index is -0.338. The fraction of sp³-hybridized carbons (Fsp3) is 0.579. The van der Waals surface area contributed by atoms with Gasteiger partial charge in [0.05, 0.1) is 0 Å². The highest BCUT2D eigenvalue weighted by atomic mass is 16.6. The number of hydrogen-bond acceptors (Lipinski definition) is 8. The number of allylic oxidation sites excluding steroid dienone is 1. The van der Waals surface area contributed by atoms with Gasteiger partial charge in [0.1, 0.15) is 23.7 Å². The van der Waals surface area contributed by atoms with Crippen LogP contribution in [-0.2, 0) is 38.1 Å². The molecule has 0 radical (unpaired) electrons. The molecule has 0 spiro atoms. The summed E-state index contributed by atoms with van der Waals surface area (Å²) in [7, 11) is 0. The van der Waals surface area contributed by atoms with Gasteiger partial charge in [-0.25, -0.2) is 0 Å². The van der Waals surface area contributed by atoms with Gasteiger partial charge in [-0.05, 0) is 18.6 Å². The number of rotatable bonds is 4. The second kappa shape index (κ2) is 11.2. The third-order valence-electron chi connectivity index (χ3n) is 3.57. The van der Waals surface area contributed by atoms with Gasteiger partial charge in [-0.2, -0.15) is 0 Å². The van der Waals surface area contributed by atoms with Crippen molar-refractivity contribution >= 4 is 23.9 Å². The van der Waals surface area contributed by atoms with E-state index in [1.54, 1.807) is 12.2 Å². The monoisotopic (exact) mass is 382 g/mol. The Morgan fingerprint density at radius 1 is 0.741 bits per heavy atom. The summed E-state index contributed by atoms with van der Waals surface area (Å²) in [4.78, 5) is 42.4. The van der Waals surface area contributed by atoms with Crippen LogP contribution in [0.15, 0.2) is 23.7 Å². The Morgan fingerprint density at radius 3 is 1.70 bits per heavy atom. The average molecular weight is 382 g/mol. The van der Waals surface area contributed by atoms with E-state index in [0.29, 0.717) is 37.2 Å². The molecule has 8 nitrogen and oxygen atoms in total. The Morgan fingerprint density at radius 2 is 1.22 bits per heavy atom. The van der Waals surface area contributed by atoms with E-state index >= 15 is 0 Å². The van der Waals surface area contributed by atoms with Crippen molar-refractivity contribution in [3.05, 3.63) is 23.7 Å². The molecule has 0 aromatic heterocycles. The third-order valence-corrected chi connectivity index (χ3v) is 3.57. The largest absolute Gasteiger partial charge is 0.462 e. The van der Waals surface area contributed by atoms with Gasteiger partial charge in [-0.1, -0.05) is 0 Å². The molecule has 0 N–H and O–H groups in total. The second-order valence-electron chi connectivity index (χ2n) is 6.21. The van der Waals surface area contributed by atoms with Crippen LogP contribution in [0.4, 0.5) is 0 Å². The molecule has 0 heterocycles. The van der Waals surface area contributed by atoms with Crippen molar-refractivity contribution in [2.75, 3.05) is 0 Å². The van der Waals surface area contributed by atoms with Crippen molar-refractivity contribution in [3.8, 4) is 0 Å². The zero-order valence-electron chi connectivity index (χ0n) is 16.1. The maximum absolute atomic E-state index is 10.6. The molecular formula is C19H26O8. The molecule has 0 saturated carbocycles. The molecule has 2 unspecified atom stereocenters. The van der Waals surface area contributed by atoms with E-state index in [1.165, 1.54) is 27.7 Å². The molecular weight excluding hydrogens is 356 g/mol. The summed E-state index contributed by atoms with van der Waals surface area (Å²) in [6.07, 6.45) is 6.48. The van der Waals surface area contributed by atoms with Crippen LogP contribution in [-0.4, -0.2) is 36.1 Å². The fourth-order valence-electron chi connectivity index (χ4n) is 2.65. The zero-order chi connectivity index (χ0) is 20.4. The lowest BCUT2D eigenvalue weighted by Gasteiger charge is -2.20. The summed E-state index contributed by atoms with van der Waals surface area (Å²) in [6, 6.07) is 0. The van der Waals surface area contributed by atoms with Gasteiger partial charge in [-0.3, -0.25) is 19.2 Å². The Bertz CT molecular complexity index is 632. The average Bonchev–Trinajstić information content (AvgIpc) is 2.94. The highest BCUT2D eigenvalue weighted by Gasteiger charge is 2.21. The van der Waals surface area contributed by atoms with E-state index in [1.807, 2.05) is 0 Å². The maximum atomic E-state index is 10.6. The first-order valence-electron chi connectivity index (χ1n) is 8.75. The summed E-state index contributed by atoms with van der Waals surface area (Å²) in [5.74, 6) is 0.0679. The lowest BCUT2D eigenvalue weighted by atomic mass is 10.0. The van der Waals surface area contributed by atoms with Gasteiger partial charge in [0.25, 0.3) is 0 Å². The SMILES string of the molecule is CC(=O)OC1=CCC(OC(C)=O)C1.CC(=O)OC1=CCC(OC(C)=O)CC1. The Balaban J connectivity index is 0.000000271. The van der Waals surface area contributed by atoms with E-state index in [4.69, 9.17) is 18.9 Å². The molecule has 2 rings (SSSR count). The van der Waals surface area contributed by atoms with Crippen molar-refractivity contribution in [2.45, 2.75) is 72.0 Å². The van der Waals surface area contributed by atoms with Gasteiger partial charge in [-0.15, -0.1) is 0 Å². The summed E-state index contributed by atoms with van der Waals surface area (Å²) in [5.41, 5.74) is 0. The summed E-state index contributed by atoms with van der Waals surface area (Å²) >= 11 is 0. The number of esters is 4. The van der Waals surface area contributed by atoms with Crippen LogP contribution < -0.4 is 0 Å². The predicted molar refractivity (Wildman–Crippen MR) is 93.9 cm³/mol. The molecule has 2 aliphatic rings. The van der Waals surface area contributed by atoms with Crippen LogP contribution in [0.5, 0.6) is 0 Å². The van der Waals surface area contributed by atoms with Gasteiger partial charge < -0.3 is 18.9 Å². The molecule has 0 aliphatic heterocycles. The topological polar surface area (TPSA) is 105 Å². The van der Waals surface area contributed by atoms with Crippen LogP contribution in [0, 0.1) is 0 Å². The van der Waals surface area contributed by atoms with Crippen LogP contribution in [0.2, 0.25) is 0 Å². The van der Waals surface area contributed by atoms with E-state index < -0.39 is 0 Å². The molecule has 27 heavy (non-hydrogen) atoms. The number of carbonyl (C=O) groups excluding carboxylic acids is 4. The van der Waals surface area contributed by atoms with Crippen molar-refractivity contribution in [3.63, 3.8) is 0 Å². The highest BCUT2D eigenvalue weighted by molar-refractivity contribution is 5.68. The van der Waals surface area contributed by atoms with Crippen molar-refractivity contribution in [1.82, 2.24) is 0 Å². The molecule has 0 saturated heterocycles. The van der Waals surface area contributed by atoms with Gasteiger partial charge in [0.2, 0.25) is 0 Å². The van der Waals surface area contributed by atoms with E-state index in [9.17, 15) is 19.2 Å². The minimum Gasteiger partial charge on any atom is -0.462 e. The van der Waals surface area contributed by atoms with E-state index in [0.717, 1.165) is 6.42 Å². The standard InChI is InChI=1S/C10H14O4.C9H12O4/c1-7(11)13-9-3-5-10(6-4-9)14-8(2)12;1-6(10)12-8-3-4-9(5-8)13-7(2)11/h3,10H,4-6H2,1-2H3;3,9H,4-5H2,1-2H3. The first-order valence-corrected chi connectivity index (χ1v) is 8.75. The molecule has 0 aromatic rings. The lowest BCUT2D eigenvalue weighted by molar-refractivity contribution is -0.148. The molecule has 150 valence electrons. The third kappa shape index (κ3) is 10.2. The van der Waals surface area contributed by atoms with Crippen molar-refractivity contribution in [1.29, 1.82) is 0 Å². The Kier molecular flexibility index (Phi) is 9.25. The summed E-state index contributed by atoms with van der Waals surface area (Å²) < 4.78 is 19.7. The predicted octanol–water partition coefficient (Wildman–Crippen LogP) is 2.71. The maximum Gasteiger partial charge on any atom is 0.307 e. The first-order chi connectivity index (χ1) is 12.7. The number of carbonyl (C=O) groups is 4. The number of hydrogen-bond donors (Lipinski definition) is 0. The van der Waals surface area contributed by atoms with E-state index in [-0.39, 0.29) is 36.1 Å². The lowest BCUT2D eigenvalue weighted by Crippen LogP contribution is -2.19. The molecule has 2 atom stereocenters. The zero-order valence-corrected chi connectivity index (χ0v) is 16.1. The molecule has 8 heteroatoms. The Labute approximate surface area is 158 Å². The smallest absolute Gasteiger partial charge is 0.307 e.